The Kier molecular flexibility index (Phi) is 4.87. The number of hydrogen-bond acceptors (Lipinski definition) is 2. The lowest BCUT2D eigenvalue weighted by atomic mass is 10.1. The average molecular weight is 253 g/mol. The number of likely N-dealkylation sites (tertiary alicyclic amines) is 1. The first-order chi connectivity index (χ1) is 8.74. The Labute approximate surface area is 111 Å². The van der Waals surface area contributed by atoms with E-state index in [9.17, 15) is 0 Å². The Morgan fingerprint density at radius 1 is 1.33 bits per heavy atom. The summed E-state index contributed by atoms with van der Waals surface area (Å²) >= 11 is 0. The molecule has 1 heterocycles. The van der Waals surface area contributed by atoms with Gasteiger partial charge >= 0.3 is 0 Å². The van der Waals surface area contributed by atoms with Crippen LogP contribution >= 0.6 is 0 Å². The van der Waals surface area contributed by atoms with E-state index in [1.165, 1.54) is 6.42 Å². The lowest BCUT2D eigenvalue weighted by molar-refractivity contribution is 0.0263. The second-order valence-electron chi connectivity index (χ2n) is 5.40. The van der Waals surface area contributed by atoms with Gasteiger partial charge in [-0.3, -0.25) is 4.99 Å². The molecule has 2 aliphatic rings. The number of guanidine groups is 1. The Bertz CT molecular complexity index is 285. The normalized spacial score (nSPS) is 29.5. The van der Waals surface area contributed by atoms with Crippen LogP contribution in [-0.2, 0) is 4.74 Å². The molecule has 18 heavy (non-hydrogen) atoms. The molecule has 2 rings (SSSR count). The minimum absolute atomic E-state index is 0.453. The summed E-state index contributed by atoms with van der Waals surface area (Å²) in [6.07, 6.45) is 3.99. The van der Waals surface area contributed by atoms with Crippen molar-refractivity contribution in [3.63, 3.8) is 0 Å². The number of aliphatic imine (C=N–C) groups is 1. The molecule has 1 aliphatic heterocycles. The summed E-state index contributed by atoms with van der Waals surface area (Å²) in [6.45, 7) is 10.3. The summed E-state index contributed by atoms with van der Waals surface area (Å²) in [7, 11) is 0. The molecule has 0 aromatic carbocycles. The molecule has 0 bridgehead atoms. The summed E-state index contributed by atoms with van der Waals surface area (Å²) in [6, 6.07) is 0.653. The molecule has 1 saturated heterocycles. The van der Waals surface area contributed by atoms with Gasteiger partial charge in [-0.1, -0.05) is 6.92 Å². The predicted molar refractivity (Wildman–Crippen MR) is 74.9 cm³/mol. The van der Waals surface area contributed by atoms with Crippen LogP contribution in [0.3, 0.4) is 0 Å². The number of rotatable bonds is 4. The maximum absolute atomic E-state index is 5.69. The first-order valence-electron chi connectivity index (χ1n) is 7.42. The van der Waals surface area contributed by atoms with Crippen molar-refractivity contribution in [3.05, 3.63) is 0 Å². The predicted octanol–water partition coefficient (Wildman–Crippen LogP) is 1.86. The molecule has 4 heteroatoms. The standard InChI is InChI=1S/C14H27N3O/c1-4-15-14(16-13-10-11(13)3)17-8-6-12(7-9-17)18-5-2/h11-13H,4-10H2,1-3H3,(H,15,16). The van der Waals surface area contributed by atoms with E-state index in [-0.39, 0.29) is 0 Å². The van der Waals surface area contributed by atoms with Crippen LogP contribution in [-0.4, -0.2) is 49.2 Å². The smallest absolute Gasteiger partial charge is 0.194 e. The second kappa shape index (κ2) is 6.41. The summed E-state index contributed by atoms with van der Waals surface area (Å²) in [4.78, 5) is 7.02. The highest BCUT2D eigenvalue weighted by atomic mass is 16.5. The second-order valence-corrected chi connectivity index (χ2v) is 5.40. The van der Waals surface area contributed by atoms with Crippen molar-refractivity contribution in [2.75, 3.05) is 26.2 Å². The highest BCUT2D eigenvalue weighted by Gasteiger charge is 2.34. The van der Waals surface area contributed by atoms with Crippen LogP contribution in [0.1, 0.15) is 40.0 Å². The fourth-order valence-electron chi connectivity index (χ4n) is 2.55. The molecule has 104 valence electrons. The molecule has 1 saturated carbocycles. The van der Waals surface area contributed by atoms with Crippen LogP contribution in [0.25, 0.3) is 0 Å². The summed E-state index contributed by atoms with van der Waals surface area (Å²) in [5.41, 5.74) is 0. The molecule has 2 atom stereocenters. The Morgan fingerprint density at radius 3 is 2.50 bits per heavy atom. The molecule has 4 nitrogen and oxygen atoms in total. The van der Waals surface area contributed by atoms with Gasteiger partial charge in [-0.15, -0.1) is 0 Å². The van der Waals surface area contributed by atoms with Gasteiger partial charge in [0, 0.05) is 32.3 Å². The minimum atomic E-state index is 0.453. The Hall–Kier alpha value is -0.770. The van der Waals surface area contributed by atoms with Gasteiger partial charge in [-0.05, 0) is 39.0 Å². The Balaban J connectivity index is 1.82. The van der Waals surface area contributed by atoms with Crippen molar-refractivity contribution < 1.29 is 4.74 Å². The average Bonchev–Trinajstić information content (AvgIpc) is 3.06. The maximum atomic E-state index is 5.69. The number of nitrogens with zero attached hydrogens (tertiary/aromatic N) is 2. The van der Waals surface area contributed by atoms with Gasteiger partial charge < -0.3 is 15.0 Å². The van der Waals surface area contributed by atoms with Gasteiger partial charge in [-0.2, -0.15) is 0 Å². The lowest BCUT2D eigenvalue weighted by Crippen LogP contribution is -2.48. The SMILES string of the molecule is CCN=C(NC1CC1C)N1CCC(OCC)CC1. The molecule has 1 aliphatic carbocycles. The van der Waals surface area contributed by atoms with Crippen LogP contribution in [0, 0.1) is 5.92 Å². The van der Waals surface area contributed by atoms with E-state index in [2.05, 4.69) is 36.0 Å². The van der Waals surface area contributed by atoms with E-state index in [1.807, 2.05) is 0 Å². The monoisotopic (exact) mass is 253 g/mol. The zero-order valence-electron chi connectivity index (χ0n) is 12.0. The first kappa shape index (κ1) is 13.7. The van der Waals surface area contributed by atoms with Gasteiger partial charge in [0.15, 0.2) is 5.96 Å². The van der Waals surface area contributed by atoms with Crippen LogP contribution in [0.4, 0.5) is 0 Å². The molecule has 0 aromatic rings. The van der Waals surface area contributed by atoms with Gasteiger partial charge in [-0.25, -0.2) is 0 Å². The van der Waals surface area contributed by atoms with E-state index in [4.69, 9.17) is 4.74 Å². The van der Waals surface area contributed by atoms with Gasteiger partial charge in [0.25, 0.3) is 0 Å². The van der Waals surface area contributed by atoms with Crippen molar-refractivity contribution in [3.8, 4) is 0 Å². The summed E-state index contributed by atoms with van der Waals surface area (Å²) < 4.78 is 5.69. The molecule has 0 aromatic heterocycles. The molecular formula is C14H27N3O. The summed E-state index contributed by atoms with van der Waals surface area (Å²) in [5, 5.41) is 3.59. The zero-order chi connectivity index (χ0) is 13.0. The summed E-state index contributed by atoms with van der Waals surface area (Å²) in [5.74, 6) is 1.93. The van der Waals surface area contributed by atoms with Crippen molar-refractivity contribution in [1.29, 1.82) is 0 Å². The van der Waals surface area contributed by atoms with Crippen molar-refractivity contribution in [2.24, 2.45) is 10.9 Å². The highest BCUT2D eigenvalue weighted by Crippen LogP contribution is 2.29. The number of ether oxygens (including phenoxy) is 1. The van der Waals surface area contributed by atoms with Crippen LogP contribution < -0.4 is 5.32 Å². The molecular weight excluding hydrogens is 226 g/mol. The van der Waals surface area contributed by atoms with Crippen molar-refractivity contribution >= 4 is 5.96 Å². The molecule has 1 N–H and O–H groups in total. The van der Waals surface area contributed by atoms with E-state index in [0.29, 0.717) is 12.1 Å². The Morgan fingerprint density at radius 2 is 2.00 bits per heavy atom. The molecule has 0 amide bonds. The first-order valence-corrected chi connectivity index (χ1v) is 7.42. The van der Waals surface area contributed by atoms with Crippen LogP contribution in [0.2, 0.25) is 0 Å². The third-order valence-electron chi connectivity index (χ3n) is 3.88. The fourth-order valence-corrected chi connectivity index (χ4v) is 2.55. The quantitative estimate of drug-likeness (QED) is 0.614. The number of piperidine rings is 1. The largest absolute Gasteiger partial charge is 0.378 e. The lowest BCUT2D eigenvalue weighted by Gasteiger charge is -2.34. The van der Waals surface area contributed by atoms with Crippen LogP contribution in [0.5, 0.6) is 0 Å². The molecule has 0 radical (unpaired) electrons. The van der Waals surface area contributed by atoms with Crippen molar-refractivity contribution in [1.82, 2.24) is 10.2 Å². The third kappa shape index (κ3) is 3.61. The molecule has 2 fully saturated rings. The van der Waals surface area contributed by atoms with Gasteiger partial charge in [0.2, 0.25) is 0 Å². The topological polar surface area (TPSA) is 36.9 Å². The molecule has 0 spiro atoms. The number of nitrogens with one attached hydrogen (secondary N) is 1. The van der Waals surface area contributed by atoms with E-state index < -0.39 is 0 Å². The van der Waals surface area contributed by atoms with E-state index in [0.717, 1.165) is 51.0 Å². The van der Waals surface area contributed by atoms with Crippen molar-refractivity contribution in [2.45, 2.75) is 52.2 Å². The highest BCUT2D eigenvalue weighted by molar-refractivity contribution is 5.80. The third-order valence-corrected chi connectivity index (χ3v) is 3.88. The van der Waals surface area contributed by atoms with Gasteiger partial charge in [0.05, 0.1) is 6.10 Å². The minimum Gasteiger partial charge on any atom is -0.378 e. The van der Waals surface area contributed by atoms with Crippen LogP contribution in [0.15, 0.2) is 4.99 Å². The van der Waals surface area contributed by atoms with E-state index >= 15 is 0 Å². The maximum Gasteiger partial charge on any atom is 0.194 e. The molecule has 2 unspecified atom stereocenters. The fraction of sp³-hybridized carbons (Fsp3) is 0.929. The number of hydrogen-bond donors (Lipinski definition) is 1. The van der Waals surface area contributed by atoms with Gasteiger partial charge in [0.1, 0.15) is 0 Å². The zero-order valence-corrected chi connectivity index (χ0v) is 12.0. The van der Waals surface area contributed by atoms with E-state index in [1.54, 1.807) is 0 Å².